The lowest BCUT2D eigenvalue weighted by Gasteiger charge is -2.13. The van der Waals surface area contributed by atoms with E-state index in [1.807, 2.05) is 27.7 Å². The Morgan fingerprint density at radius 3 is 1.74 bits per heavy atom. The molecule has 1 heterocycles. The maximum absolute atomic E-state index is 12.0. The third-order valence-corrected chi connectivity index (χ3v) is 3.79. The molecule has 1 amide bonds. The molecule has 0 radical (unpaired) electrons. The SMILES string of the molecule is CC.CC.CC1CN(Cc2ccc(OC(F)(F)F)cc2)C(=O)O1.Cc1ccc(C)cc1. The summed E-state index contributed by atoms with van der Waals surface area (Å²) in [6, 6.07) is 13.9. The van der Waals surface area contributed by atoms with Crippen molar-refractivity contribution < 1.29 is 27.4 Å². The van der Waals surface area contributed by atoms with Gasteiger partial charge in [0.2, 0.25) is 0 Å². The van der Waals surface area contributed by atoms with Crippen molar-refractivity contribution in [1.82, 2.24) is 4.90 Å². The van der Waals surface area contributed by atoms with Crippen molar-refractivity contribution in [2.45, 2.75) is 67.5 Å². The lowest BCUT2D eigenvalue weighted by atomic mass is 10.2. The van der Waals surface area contributed by atoms with Gasteiger partial charge in [-0.3, -0.25) is 0 Å². The van der Waals surface area contributed by atoms with Crippen molar-refractivity contribution in [2.24, 2.45) is 0 Å². The van der Waals surface area contributed by atoms with Crippen molar-refractivity contribution in [3.8, 4) is 5.75 Å². The Labute approximate surface area is 184 Å². The zero-order valence-corrected chi connectivity index (χ0v) is 19.4. The van der Waals surface area contributed by atoms with Crippen LogP contribution in [-0.2, 0) is 11.3 Å². The highest BCUT2D eigenvalue weighted by atomic mass is 19.4. The molecule has 1 aliphatic heterocycles. The minimum Gasteiger partial charge on any atom is -0.444 e. The van der Waals surface area contributed by atoms with Gasteiger partial charge in [-0.15, -0.1) is 13.2 Å². The summed E-state index contributed by atoms with van der Waals surface area (Å²) in [5.41, 5.74) is 3.37. The molecule has 31 heavy (non-hydrogen) atoms. The van der Waals surface area contributed by atoms with Crippen LogP contribution in [0.25, 0.3) is 0 Å². The van der Waals surface area contributed by atoms with Crippen LogP contribution in [0.15, 0.2) is 48.5 Å². The van der Waals surface area contributed by atoms with E-state index in [1.165, 1.54) is 40.3 Å². The fourth-order valence-corrected chi connectivity index (χ4v) is 2.45. The van der Waals surface area contributed by atoms with Gasteiger partial charge in [-0.25, -0.2) is 4.79 Å². The molecular weight excluding hydrogens is 407 g/mol. The summed E-state index contributed by atoms with van der Waals surface area (Å²) in [6.45, 7) is 14.7. The van der Waals surface area contributed by atoms with Gasteiger partial charge < -0.3 is 14.4 Å². The predicted octanol–water partition coefficient (Wildman–Crippen LogP) is 7.28. The monoisotopic (exact) mass is 441 g/mol. The summed E-state index contributed by atoms with van der Waals surface area (Å²) in [6.07, 6.45) is -5.28. The highest BCUT2D eigenvalue weighted by Crippen LogP contribution is 2.23. The van der Waals surface area contributed by atoms with Gasteiger partial charge in [0, 0.05) is 6.54 Å². The number of cyclic esters (lactones) is 1. The average Bonchev–Trinajstić information content (AvgIpc) is 3.05. The molecule has 2 aromatic rings. The van der Waals surface area contributed by atoms with Crippen molar-refractivity contribution in [1.29, 1.82) is 0 Å². The quantitative estimate of drug-likeness (QED) is 0.502. The van der Waals surface area contributed by atoms with Gasteiger partial charge in [0.05, 0.1) is 6.54 Å². The molecule has 7 heteroatoms. The van der Waals surface area contributed by atoms with E-state index in [1.54, 1.807) is 6.92 Å². The number of hydrogen-bond donors (Lipinski definition) is 0. The fourth-order valence-electron chi connectivity index (χ4n) is 2.45. The van der Waals surface area contributed by atoms with Crippen molar-refractivity contribution in [3.05, 3.63) is 65.2 Å². The van der Waals surface area contributed by atoms with Crippen LogP contribution in [0.1, 0.15) is 51.3 Å². The van der Waals surface area contributed by atoms with Gasteiger partial charge >= 0.3 is 12.5 Å². The lowest BCUT2D eigenvalue weighted by Crippen LogP contribution is -2.24. The molecule has 0 bridgehead atoms. The Balaban J connectivity index is 0.000000625. The number of hydrogen-bond acceptors (Lipinski definition) is 3. The van der Waals surface area contributed by atoms with Crippen LogP contribution in [-0.4, -0.2) is 30.0 Å². The van der Waals surface area contributed by atoms with E-state index in [4.69, 9.17) is 4.74 Å². The maximum atomic E-state index is 12.0. The second-order valence-corrected chi connectivity index (χ2v) is 6.42. The van der Waals surface area contributed by atoms with Gasteiger partial charge in [-0.2, -0.15) is 0 Å². The van der Waals surface area contributed by atoms with E-state index in [2.05, 4.69) is 42.8 Å². The van der Waals surface area contributed by atoms with Crippen LogP contribution in [0.4, 0.5) is 18.0 Å². The molecule has 1 unspecified atom stereocenters. The number of carbonyl (C=O) groups is 1. The van der Waals surface area contributed by atoms with Gasteiger partial charge in [0.15, 0.2) is 0 Å². The van der Waals surface area contributed by atoms with Gasteiger partial charge in [-0.1, -0.05) is 75.2 Å². The maximum Gasteiger partial charge on any atom is 0.573 e. The van der Waals surface area contributed by atoms with Crippen molar-refractivity contribution >= 4 is 6.09 Å². The number of carbonyl (C=O) groups excluding carboxylic acids is 1. The summed E-state index contributed by atoms with van der Waals surface area (Å²) in [5.74, 6) is -0.284. The molecule has 0 saturated carbocycles. The fraction of sp³-hybridized carbons (Fsp3) is 0.458. The van der Waals surface area contributed by atoms with Gasteiger partial charge in [0.25, 0.3) is 0 Å². The van der Waals surface area contributed by atoms with Crippen LogP contribution in [0, 0.1) is 13.8 Å². The van der Waals surface area contributed by atoms with E-state index in [9.17, 15) is 18.0 Å². The van der Waals surface area contributed by atoms with E-state index in [0.717, 1.165) is 0 Å². The topological polar surface area (TPSA) is 38.8 Å². The standard InChI is InChI=1S/C12H12F3NO3.C8H10.2C2H6/c1-8-6-16(11(17)18-8)7-9-2-4-10(5-3-9)19-12(13,14)15;1-7-3-5-8(2)6-4-7;2*1-2/h2-5,8H,6-7H2,1H3;3-6H,1-2H3;2*1-2H3. The minimum absolute atomic E-state index is 0.166. The molecule has 0 aromatic heterocycles. The Hall–Kier alpha value is -2.70. The number of halogens is 3. The Bertz CT molecular complexity index is 723. The van der Waals surface area contributed by atoms with Crippen LogP contribution < -0.4 is 4.74 Å². The first-order chi connectivity index (χ1) is 14.6. The third kappa shape index (κ3) is 11.9. The third-order valence-electron chi connectivity index (χ3n) is 3.79. The number of ether oxygens (including phenoxy) is 2. The molecule has 1 atom stereocenters. The first kappa shape index (κ1) is 28.3. The minimum atomic E-state index is -4.70. The Kier molecular flexibility index (Phi) is 13.1. The molecule has 2 aromatic carbocycles. The van der Waals surface area contributed by atoms with Crippen LogP contribution in [0.3, 0.4) is 0 Å². The van der Waals surface area contributed by atoms with Crippen LogP contribution in [0.5, 0.6) is 5.75 Å². The molecule has 4 nitrogen and oxygen atoms in total. The smallest absolute Gasteiger partial charge is 0.444 e. The molecule has 1 aliphatic rings. The van der Waals surface area contributed by atoms with Crippen molar-refractivity contribution in [3.63, 3.8) is 0 Å². The van der Waals surface area contributed by atoms with Gasteiger partial charge in [-0.05, 0) is 38.5 Å². The molecule has 0 spiro atoms. The van der Waals surface area contributed by atoms with E-state index < -0.39 is 12.5 Å². The highest BCUT2D eigenvalue weighted by Gasteiger charge is 2.31. The Morgan fingerprint density at radius 2 is 1.39 bits per heavy atom. The number of benzene rings is 2. The molecular formula is C24H34F3NO3. The predicted molar refractivity (Wildman–Crippen MR) is 118 cm³/mol. The second-order valence-electron chi connectivity index (χ2n) is 6.42. The van der Waals surface area contributed by atoms with Crippen LogP contribution >= 0.6 is 0 Å². The van der Waals surface area contributed by atoms with Gasteiger partial charge in [0.1, 0.15) is 11.9 Å². The number of alkyl halides is 3. The number of nitrogens with zero attached hydrogens (tertiary/aromatic N) is 1. The zero-order chi connectivity index (χ0) is 24.0. The Morgan fingerprint density at radius 1 is 0.935 bits per heavy atom. The van der Waals surface area contributed by atoms with E-state index in [-0.39, 0.29) is 11.9 Å². The number of aryl methyl sites for hydroxylation is 2. The molecule has 1 fully saturated rings. The summed E-state index contributed by atoms with van der Waals surface area (Å²) in [7, 11) is 0. The zero-order valence-electron chi connectivity index (χ0n) is 19.4. The second kappa shape index (κ2) is 14.3. The van der Waals surface area contributed by atoms with Crippen LogP contribution in [0.2, 0.25) is 0 Å². The molecule has 174 valence electrons. The first-order valence-corrected chi connectivity index (χ1v) is 10.5. The number of amides is 1. The summed E-state index contributed by atoms with van der Waals surface area (Å²) >= 11 is 0. The van der Waals surface area contributed by atoms with Crippen molar-refractivity contribution in [2.75, 3.05) is 6.54 Å². The van der Waals surface area contributed by atoms with E-state index >= 15 is 0 Å². The molecule has 1 saturated heterocycles. The van der Waals surface area contributed by atoms with E-state index in [0.29, 0.717) is 18.7 Å². The molecule has 0 N–H and O–H groups in total. The molecule has 0 aliphatic carbocycles. The average molecular weight is 442 g/mol. The highest BCUT2D eigenvalue weighted by molar-refractivity contribution is 5.69. The summed E-state index contributed by atoms with van der Waals surface area (Å²) in [5, 5.41) is 0. The lowest BCUT2D eigenvalue weighted by molar-refractivity contribution is -0.274. The number of rotatable bonds is 3. The summed E-state index contributed by atoms with van der Waals surface area (Å²) in [4.78, 5) is 12.9. The summed E-state index contributed by atoms with van der Waals surface area (Å²) < 4.78 is 44.6. The molecule has 3 rings (SSSR count). The largest absolute Gasteiger partial charge is 0.573 e. The first-order valence-electron chi connectivity index (χ1n) is 10.5. The normalized spacial score (nSPS) is 14.7.